The summed E-state index contributed by atoms with van der Waals surface area (Å²) in [5.41, 5.74) is 4.21. The summed E-state index contributed by atoms with van der Waals surface area (Å²) in [6.45, 7) is 95.8. The SMILES string of the molecule is C.C.CC#CC#CC#CC#CC#CC#CC#CC#CC#CC#CC#CC.CC(C)(C)Cc1ccccc1.CC(C)(C)OCc1ccccc1.CC(C)(C)Oc1ccccc1.CCC(C)(C)CC(=O)C(C)(C)C.CCC(C)(C)CC(C)(C)C.CCC(C)(C)CCOCCCC(=O)OC(C)(C)C.CCC(C)(C)COC(C)(C)C.CNC(C)(C)CNC(C)=O.CNC(C)(C)CNC(C)=O.CNC(C)(C)CNC(C)=O. The summed E-state index contributed by atoms with van der Waals surface area (Å²) in [7, 11) is 5.63. The Labute approximate surface area is 869 Å². The van der Waals surface area contributed by atoms with Crippen molar-refractivity contribution in [1.29, 1.82) is 0 Å². The van der Waals surface area contributed by atoms with Crippen LogP contribution in [0.15, 0.2) is 91.0 Å². The number of hydrogen-bond acceptors (Lipinski definition) is 13. The zero-order valence-electron chi connectivity index (χ0n) is 96.8. The Hall–Kier alpha value is -10.1. The minimum Gasteiger partial charge on any atom is -0.488 e. The average Bonchev–Trinajstić information content (AvgIpc) is 0.862. The van der Waals surface area contributed by atoms with Crippen molar-refractivity contribution in [3.05, 3.63) is 102 Å². The van der Waals surface area contributed by atoms with Crippen LogP contribution in [0.3, 0.4) is 0 Å². The molecule has 3 aromatic carbocycles. The number of carbonyl (C=O) groups is 5. The largest absolute Gasteiger partial charge is 0.488 e. The lowest BCUT2D eigenvalue weighted by Crippen LogP contribution is -2.46. The second kappa shape index (κ2) is 81.4. The Morgan fingerprint density at radius 1 is 0.340 bits per heavy atom. The van der Waals surface area contributed by atoms with E-state index in [2.05, 4.69) is 371 Å². The molecule has 0 aromatic heterocycles. The Bertz CT molecular complexity index is 4400. The summed E-state index contributed by atoms with van der Waals surface area (Å²) >= 11 is 0. The second-order valence-electron chi connectivity index (χ2n) is 45.9. The average molecular weight is 1950 g/mol. The number of rotatable bonds is 29. The zero-order valence-corrected chi connectivity index (χ0v) is 96.8. The van der Waals surface area contributed by atoms with Gasteiger partial charge in [0.15, 0.2) is 0 Å². The van der Waals surface area contributed by atoms with Crippen LogP contribution in [0.2, 0.25) is 0 Å². The van der Waals surface area contributed by atoms with Crippen molar-refractivity contribution in [2.75, 3.05) is 60.6 Å². The van der Waals surface area contributed by atoms with Crippen LogP contribution in [0, 0.1) is 168 Å². The molecule has 0 heterocycles. The lowest BCUT2D eigenvalue weighted by atomic mass is 9.75. The topological polar surface area (TPSA) is 204 Å². The van der Waals surface area contributed by atoms with Gasteiger partial charge in [-0.3, -0.25) is 24.0 Å². The Morgan fingerprint density at radius 2 is 0.645 bits per heavy atom. The van der Waals surface area contributed by atoms with E-state index < -0.39 is 0 Å². The molecule has 0 bridgehead atoms. The lowest BCUT2D eigenvalue weighted by molar-refractivity contribution is -0.155. The van der Waals surface area contributed by atoms with Gasteiger partial charge in [0.2, 0.25) is 17.7 Å². The highest BCUT2D eigenvalue weighted by Crippen LogP contribution is 2.35. The van der Waals surface area contributed by atoms with Crippen LogP contribution in [0.1, 0.15) is 388 Å². The number of Topliss-reactive ketones (excluding diaryl/α,β-unsaturated/α-hetero) is 1. The molecule has 0 saturated carbocycles. The number of likely N-dealkylation sites (N-methyl/N-ethyl adjacent to an activating group) is 3. The van der Waals surface area contributed by atoms with Crippen LogP contribution in [0.5, 0.6) is 5.75 Å². The van der Waals surface area contributed by atoms with Gasteiger partial charge in [-0.2, -0.15) is 0 Å². The van der Waals surface area contributed by atoms with E-state index in [1.54, 1.807) is 13.8 Å². The molecule has 3 rings (SSSR count). The molecule has 0 aliphatic heterocycles. The molecule has 0 atom stereocenters. The first-order chi connectivity index (χ1) is 63.5. The van der Waals surface area contributed by atoms with Crippen molar-refractivity contribution >= 4 is 29.5 Å². The molecule has 0 unspecified atom stereocenters. The number of ether oxygens (including phenoxy) is 5. The molecule has 16 heteroatoms. The standard InChI is InChI=1S/C24H6.C15H30O3.C11H16O.C11H22O.C11H16.C10H14O.C10H22O.C10H22.3C7H16N2O.2CH4/c1-3-5-7-9-11-13-15-17-19-21-23-24-22-20-18-16-14-12-10-8-6-4-2;1-7-15(5,6)10-12-17-11-8-9-13(16)18-14(2,3)4;1-11(2,3)12-9-10-7-5-4-6-8-10;1-7-11(5,6)8-9(12)10(2,3)4;1-11(2,3)9-10-7-5-4-6-8-10;1-10(2,3)11-9-7-5-4-6-8-9;1-7-10(5,6)8-11-9(2,3)4;1-7-10(5,6)8-9(2,3)4;3*1-6(10)9-5-7(2,3)8-4;;/h1-2H3;7-12H2,1-6H3;4-8H,9H2,1-3H3;7-8H2,1-6H3;4-8H,9H2,1-3H3;4-8H,1-3H3;7-8H2,1-6H3;7-8H2,1-6H3;3*8H,5H2,1-4H3,(H,9,10);2*1H4. The van der Waals surface area contributed by atoms with Gasteiger partial charge in [0.1, 0.15) is 22.7 Å². The Balaban J connectivity index is -0.000000169. The molecule has 0 fully saturated rings. The third kappa shape index (κ3) is 128. The van der Waals surface area contributed by atoms with E-state index >= 15 is 0 Å². The van der Waals surface area contributed by atoms with Crippen molar-refractivity contribution in [3.8, 4) is 136 Å². The first kappa shape index (κ1) is 151. The molecule has 3 aromatic rings. The number of ketones is 1. The molecule has 6 N–H and O–H groups in total. The monoisotopic (exact) mass is 1950 g/mol. The fourth-order valence-electron chi connectivity index (χ4n) is 9.15. The van der Waals surface area contributed by atoms with E-state index in [4.69, 9.17) is 23.7 Å². The van der Waals surface area contributed by atoms with E-state index in [-0.39, 0.29) is 88.4 Å². The third-order valence-electron chi connectivity index (χ3n) is 19.3. The van der Waals surface area contributed by atoms with Crippen LogP contribution in [-0.4, -0.2) is 129 Å². The van der Waals surface area contributed by atoms with Gasteiger partial charge >= 0.3 is 5.97 Å². The summed E-state index contributed by atoms with van der Waals surface area (Å²) in [5.74, 6) is 56.8. The summed E-state index contributed by atoms with van der Waals surface area (Å²) in [4.78, 5) is 54.5. The van der Waals surface area contributed by atoms with Crippen molar-refractivity contribution in [2.24, 2.45) is 37.9 Å². The number of para-hydroxylation sites is 1. The number of hydrogen-bond donors (Lipinski definition) is 6. The van der Waals surface area contributed by atoms with Gasteiger partial charge in [-0.15, -0.1) is 0 Å². The van der Waals surface area contributed by atoms with Gasteiger partial charge in [-0.05, 0) is 342 Å². The molecule has 141 heavy (non-hydrogen) atoms. The molecular weight excluding hydrogens is 1750 g/mol. The molecule has 0 radical (unpaired) electrons. The number of amides is 3. The van der Waals surface area contributed by atoms with E-state index in [0.29, 0.717) is 78.5 Å². The predicted octanol–water partition coefficient (Wildman–Crippen LogP) is 26.3. The highest BCUT2D eigenvalue weighted by Gasteiger charge is 2.29. The molecule has 0 spiro atoms. The van der Waals surface area contributed by atoms with Crippen LogP contribution in [-0.2, 0) is 55.9 Å². The quantitative estimate of drug-likeness (QED) is 0.0218. The van der Waals surface area contributed by atoms with Gasteiger partial charge < -0.3 is 55.6 Å². The lowest BCUT2D eigenvalue weighted by Gasteiger charge is -2.31. The summed E-state index contributed by atoms with van der Waals surface area (Å²) in [5, 5.41) is 17.5. The van der Waals surface area contributed by atoms with Gasteiger partial charge in [0.05, 0.1) is 24.4 Å². The molecule has 0 aliphatic rings. The zero-order chi connectivity index (χ0) is 110. The predicted molar refractivity (Wildman–Crippen MR) is 609 cm³/mol. The van der Waals surface area contributed by atoms with Crippen LogP contribution >= 0.6 is 0 Å². The van der Waals surface area contributed by atoms with Crippen LogP contribution in [0.4, 0.5) is 0 Å². The van der Waals surface area contributed by atoms with E-state index in [9.17, 15) is 24.0 Å². The third-order valence-corrected chi connectivity index (χ3v) is 19.3. The molecular formula is C125H204N6O10. The maximum absolute atomic E-state index is 11.6. The van der Waals surface area contributed by atoms with E-state index in [1.807, 2.05) is 174 Å². The number of esters is 1. The maximum Gasteiger partial charge on any atom is 0.306 e. The summed E-state index contributed by atoms with van der Waals surface area (Å²) < 4.78 is 27.7. The maximum atomic E-state index is 11.6. The smallest absolute Gasteiger partial charge is 0.306 e. The molecule has 0 aliphatic carbocycles. The second-order valence-corrected chi connectivity index (χ2v) is 45.9. The Kier molecular flexibility index (Phi) is 87.2. The minimum absolute atomic E-state index is 0. The van der Waals surface area contributed by atoms with Gasteiger partial charge in [0, 0.05) is 112 Å². The normalized spacial score (nSPS) is 10.6. The fourth-order valence-corrected chi connectivity index (χ4v) is 9.15. The highest BCUT2D eigenvalue weighted by molar-refractivity contribution is 5.84. The van der Waals surface area contributed by atoms with Crippen LogP contribution in [0.25, 0.3) is 0 Å². The fraction of sp³-hybridized carbons (Fsp3) is 0.640. The molecule has 794 valence electrons. The Morgan fingerprint density at radius 3 is 0.894 bits per heavy atom. The summed E-state index contributed by atoms with van der Waals surface area (Å²) in [6, 6.07) is 30.7. The summed E-state index contributed by atoms with van der Waals surface area (Å²) in [6.07, 6.45) is 10.1. The minimum atomic E-state index is -0.386. The van der Waals surface area contributed by atoms with E-state index in [0.717, 1.165) is 51.1 Å². The van der Waals surface area contributed by atoms with Crippen LogP contribution < -0.4 is 36.6 Å². The molecule has 3 amide bonds. The first-order valence-corrected chi connectivity index (χ1v) is 49.0. The van der Waals surface area contributed by atoms with Gasteiger partial charge in [-0.1, -0.05) is 270 Å². The van der Waals surface area contributed by atoms with Crippen molar-refractivity contribution in [2.45, 2.75) is 429 Å². The number of benzene rings is 3. The van der Waals surface area contributed by atoms with Crippen molar-refractivity contribution in [1.82, 2.24) is 31.9 Å². The highest BCUT2D eigenvalue weighted by atomic mass is 16.6. The van der Waals surface area contributed by atoms with Gasteiger partial charge in [-0.25, -0.2) is 0 Å². The molecule has 16 nitrogen and oxygen atoms in total. The van der Waals surface area contributed by atoms with Crippen molar-refractivity contribution in [3.63, 3.8) is 0 Å². The molecule has 0 saturated heterocycles. The van der Waals surface area contributed by atoms with Gasteiger partial charge in [0.25, 0.3) is 0 Å². The van der Waals surface area contributed by atoms with E-state index in [1.165, 1.54) is 51.2 Å². The number of carbonyl (C=O) groups excluding carboxylic acids is 5. The number of nitrogens with one attached hydrogen (secondary N) is 6. The van der Waals surface area contributed by atoms with Crippen molar-refractivity contribution < 1.29 is 47.7 Å². The first-order valence-electron chi connectivity index (χ1n) is 49.0.